The zero-order chi connectivity index (χ0) is 14.9. The Morgan fingerprint density at radius 2 is 2.19 bits per heavy atom. The Morgan fingerprint density at radius 3 is 2.81 bits per heavy atom. The van der Waals surface area contributed by atoms with Gasteiger partial charge in [-0.1, -0.05) is 19.8 Å². The van der Waals surface area contributed by atoms with Crippen molar-refractivity contribution in [3.8, 4) is 11.6 Å². The molecule has 2 heterocycles. The van der Waals surface area contributed by atoms with Gasteiger partial charge < -0.3 is 9.52 Å². The van der Waals surface area contributed by atoms with E-state index in [2.05, 4.69) is 15.5 Å². The topological polar surface area (TPSA) is 94.0 Å². The van der Waals surface area contributed by atoms with E-state index in [1.807, 2.05) is 19.1 Å². The van der Waals surface area contributed by atoms with Crippen LogP contribution in [0.2, 0.25) is 0 Å². The summed E-state index contributed by atoms with van der Waals surface area (Å²) in [6, 6.07) is 3.71. The number of rotatable bonds is 5. The molecule has 7 nitrogen and oxygen atoms in total. The van der Waals surface area contributed by atoms with Crippen LogP contribution in [0.15, 0.2) is 16.5 Å². The van der Waals surface area contributed by atoms with Gasteiger partial charge in [0.05, 0.1) is 12.0 Å². The summed E-state index contributed by atoms with van der Waals surface area (Å²) >= 11 is 0. The second-order valence-electron chi connectivity index (χ2n) is 5.57. The van der Waals surface area contributed by atoms with Crippen LogP contribution in [0.25, 0.3) is 11.6 Å². The summed E-state index contributed by atoms with van der Waals surface area (Å²) in [5.74, 6) is 1.15. The number of hydrogen-bond donors (Lipinski definition) is 1. The Bertz CT molecular complexity index is 640. The number of carbonyl (C=O) groups is 1. The van der Waals surface area contributed by atoms with Crippen molar-refractivity contribution < 1.29 is 14.3 Å². The molecular formula is C14H18N4O3. The third-order valence-electron chi connectivity index (χ3n) is 4.23. The summed E-state index contributed by atoms with van der Waals surface area (Å²) in [7, 11) is 0. The first-order valence-corrected chi connectivity index (χ1v) is 7.23. The highest BCUT2D eigenvalue weighted by atomic mass is 16.4. The number of aliphatic carboxylic acids is 1. The van der Waals surface area contributed by atoms with E-state index in [1.54, 1.807) is 4.68 Å². The summed E-state index contributed by atoms with van der Waals surface area (Å²) in [6.45, 7) is 2.29. The second-order valence-corrected chi connectivity index (χ2v) is 5.57. The highest BCUT2D eigenvalue weighted by Gasteiger charge is 2.42. The predicted molar refractivity (Wildman–Crippen MR) is 73.4 cm³/mol. The van der Waals surface area contributed by atoms with Crippen LogP contribution in [0.3, 0.4) is 0 Å². The maximum atomic E-state index is 11.6. The molecule has 1 N–H and O–H groups in total. The van der Waals surface area contributed by atoms with E-state index < -0.39 is 11.4 Å². The number of furan rings is 1. The molecule has 0 saturated heterocycles. The van der Waals surface area contributed by atoms with Crippen molar-refractivity contribution in [3.05, 3.63) is 17.9 Å². The van der Waals surface area contributed by atoms with Crippen molar-refractivity contribution in [1.82, 2.24) is 20.2 Å². The summed E-state index contributed by atoms with van der Waals surface area (Å²) in [6.07, 6.45) is 4.00. The van der Waals surface area contributed by atoms with Crippen LogP contribution in [0.1, 0.15) is 38.4 Å². The van der Waals surface area contributed by atoms with Crippen molar-refractivity contribution in [2.45, 2.75) is 45.6 Å². The Balaban J connectivity index is 1.90. The van der Waals surface area contributed by atoms with Crippen molar-refractivity contribution in [2.24, 2.45) is 5.41 Å². The fraction of sp³-hybridized carbons (Fsp3) is 0.571. The summed E-state index contributed by atoms with van der Waals surface area (Å²) in [4.78, 5) is 11.6. The van der Waals surface area contributed by atoms with Gasteiger partial charge in [0.2, 0.25) is 5.82 Å². The molecule has 0 radical (unpaired) electrons. The lowest BCUT2D eigenvalue weighted by atomic mass is 9.86. The molecule has 112 valence electrons. The van der Waals surface area contributed by atoms with Crippen molar-refractivity contribution in [1.29, 1.82) is 0 Å². The van der Waals surface area contributed by atoms with Crippen LogP contribution in [0.5, 0.6) is 0 Å². The minimum atomic E-state index is -0.768. The molecule has 0 bridgehead atoms. The van der Waals surface area contributed by atoms with Crippen LogP contribution >= 0.6 is 0 Å². The van der Waals surface area contributed by atoms with E-state index >= 15 is 0 Å². The quantitative estimate of drug-likeness (QED) is 0.906. The minimum absolute atomic E-state index is 0.285. The zero-order valence-corrected chi connectivity index (χ0v) is 11.9. The molecule has 0 atom stereocenters. The number of tetrazole rings is 1. The van der Waals surface area contributed by atoms with E-state index in [9.17, 15) is 9.90 Å². The lowest BCUT2D eigenvalue weighted by Gasteiger charge is -2.23. The first-order chi connectivity index (χ1) is 10.1. The molecule has 0 aromatic carbocycles. The van der Waals surface area contributed by atoms with E-state index in [0.29, 0.717) is 24.4 Å². The third kappa shape index (κ3) is 2.43. The maximum Gasteiger partial charge on any atom is 0.311 e. The molecule has 0 spiro atoms. The van der Waals surface area contributed by atoms with E-state index in [-0.39, 0.29) is 6.54 Å². The first-order valence-electron chi connectivity index (χ1n) is 7.23. The van der Waals surface area contributed by atoms with Crippen molar-refractivity contribution in [3.63, 3.8) is 0 Å². The number of hydrogen-bond acceptors (Lipinski definition) is 5. The van der Waals surface area contributed by atoms with Gasteiger partial charge in [0.1, 0.15) is 5.76 Å². The van der Waals surface area contributed by atoms with Crippen LogP contribution in [-0.2, 0) is 17.8 Å². The van der Waals surface area contributed by atoms with Gasteiger partial charge in [0.15, 0.2) is 5.76 Å². The highest BCUT2D eigenvalue weighted by molar-refractivity contribution is 5.75. The molecule has 2 aromatic rings. The lowest BCUT2D eigenvalue weighted by Crippen LogP contribution is -2.33. The number of nitrogens with zero attached hydrogens (tertiary/aromatic N) is 4. The van der Waals surface area contributed by atoms with Crippen molar-refractivity contribution in [2.75, 3.05) is 0 Å². The second kappa shape index (κ2) is 5.31. The van der Waals surface area contributed by atoms with Gasteiger partial charge in [0, 0.05) is 6.42 Å². The lowest BCUT2D eigenvalue weighted by molar-refractivity contribution is -0.149. The first kappa shape index (κ1) is 13.8. The molecule has 1 aliphatic rings. The number of aromatic nitrogens is 4. The monoisotopic (exact) mass is 290 g/mol. The Kier molecular flexibility index (Phi) is 3.48. The normalized spacial score (nSPS) is 17.2. The molecule has 1 aliphatic carbocycles. The van der Waals surface area contributed by atoms with E-state index in [0.717, 1.165) is 25.0 Å². The molecule has 7 heteroatoms. The number of carboxylic acid groups (broad SMARTS) is 1. The maximum absolute atomic E-state index is 11.6. The fourth-order valence-corrected chi connectivity index (χ4v) is 2.95. The van der Waals surface area contributed by atoms with Crippen LogP contribution < -0.4 is 0 Å². The Labute approximate surface area is 122 Å². The predicted octanol–water partition coefficient (Wildman–Crippen LogP) is 2.14. The standard InChI is InChI=1S/C14H18N4O3/c1-2-10-5-6-11(21-10)12-15-16-17-18(12)9-14(13(19)20)7-3-4-8-14/h5-6H,2-4,7-9H2,1H3,(H,19,20). The van der Waals surface area contributed by atoms with Crippen molar-refractivity contribution >= 4 is 5.97 Å². The summed E-state index contributed by atoms with van der Waals surface area (Å²) in [5, 5.41) is 21.2. The zero-order valence-electron chi connectivity index (χ0n) is 11.9. The Hall–Kier alpha value is -2.18. The van der Waals surface area contributed by atoms with Crippen LogP contribution in [0.4, 0.5) is 0 Å². The fourth-order valence-electron chi connectivity index (χ4n) is 2.95. The van der Waals surface area contributed by atoms with Gasteiger partial charge in [-0.25, -0.2) is 4.68 Å². The molecule has 1 saturated carbocycles. The summed E-state index contributed by atoms with van der Waals surface area (Å²) < 4.78 is 7.22. The van der Waals surface area contributed by atoms with Crippen LogP contribution in [-0.4, -0.2) is 31.3 Å². The number of carboxylic acids is 1. The third-order valence-corrected chi connectivity index (χ3v) is 4.23. The molecule has 1 fully saturated rings. The largest absolute Gasteiger partial charge is 0.481 e. The average Bonchev–Trinajstić information content (AvgIpc) is 3.18. The smallest absolute Gasteiger partial charge is 0.311 e. The average molecular weight is 290 g/mol. The van der Waals surface area contributed by atoms with Gasteiger partial charge >= 0.3 is 5.97 Å². The Morgan fingerprint density at radius 1 is 1.43 bits per heavy atom. The molecule has 0 aliphatic heterocycles. The molecule has 0 amide bonds. The van der Waals surface area contributed by atoms with Gasteiger partial charge in [-0.3, -0.25) is 4.79 Å². The SMILES string of the molecule is CCc1ccc(-c2nnnn2CC2(C(=O)O)CCCC2)o1. The summed E-state index contributed by atoms with van der Waals surface area (Å²) in [5.41, 5.74) is -0.760. The van der Waals surface area contributed by atoms with Gasteiger partial charge in [0.25, 0.3) is 0 Å². The van der Waals surface area contributed by atoms with E-state index in [1.165, 1.54) is 0 Å². The molecule has 21 heavy (non-hydrogen) atoms. The molecule has 3 rings (SSSR count). The van der Waals surface area contributed by atoms with E-state index in [4.69, 9.17) is 4.42 Å². The molecular weight excluding hydrogens is 272 g/mol. The molecule has 0 unspecified atom stereocenters. The van der Waals surface area contributed by atoms with Gasteiger partial charge in [-0.2, -0.15) is 0 Å². The number of aryl methyl sites for hydroxylation is 1. The highest BCUT2D eigenvalue weighted by Crippen LogP contribution is 2.40. The minimum Gasteiger partial charge on any atom is -0.481 e. The molecule has 2 aromatic heterocycles. The van der Waals surface area contributed by atoms with Gasteiger partial charge in [-0.05, 0) is 35.4 Å². The van der Waals surface area contributed by atoms with Crippen LogP contribution in [0, 0.1) is 5.41 Å². The van der Waals surface area contributed by atoms with Gasteiger partial charge in [-0.15, -0.1) is 5.10 Å².